The summed E-state index contributed by atoms with van der Waals surface area (Å²) in [6.45, 7) is 17.6. The van der Waals surface area contributed by atoms with Crippen molar-refractivity contribution in [1.82, 2.24) is 0 Å². The van der Waals surface area contributed by atoms with Crippen LogP contribution in [0.25, 0.3) is 0 Å². The summed E-state index contributed by atoms with van der Waals surface area (Å²) in [4.78, 5) is 0. The van der Waals surface area contributed by atoms with Crippen molar-refractivity contribution in [3.05, 3.63) is 0 Å². The zero-order valence-electron chi connectivity index (χ0n) is 14.7. The fraction of sp³-hybridized carbons (Fsp3) is 1.00. The van der Waals surface area contributed by atoms with Gasteiger partial charge in [0.2, 0.25) is 0 Å². The molecule has 0 aliphatic rings. The van der Waals surface area contributed by atoms with Gasteiger partial charge in [-0.3, -0.25) is 0 Å². The van der Waals surface area contributed by atoms with Crippen LogP contribution in [0.15, 0.2) is 0 Å². The molecule has 0 spiro atoms. The van der Waals surface area contributed by atoms with Gasteiger partial charge >= 0.3 is 132 Å². The zero-order valence-corrected chi connectivity index (χ0v) is 17.6. The number of rotatable bonds is 12. The van der Waals surface area contributed by atoms with E-state index in [0.29, 0.717) is 17.8 Å². The zero-order chi connectivity index (χ0) is 15.6. The second kappa shape index (κ2) is 11.3. The quantitative estimate of drug-likeness (QED) is 0.447. The van der Waals surface area contributed by atoms with E-state index in [-0.39, 0.29) is 0 Å². The van der Waals surface area contributed by atoms with E-state index in [9.17, 15) is 0 Å². The summed E-state index contributed by atoms with van der Waals surface area (Å²) >= 11 is -3.35. The number of hydrogen-bond acceptors (Lipinski definition) is 3. The van der Waals surface area contributed by atoms with E-state index < -0.39 is 19.6 Å². The molecule has 0 aliphatic carbocycles. The fourth-order valence-electron chi connectivity index (χ4n) is 1.62. The monoisotopic (exact) mass is 396 g/mol. The van der Waals surface area contributed by atoms with Crippen molar-refractivity contribution in [3.63, 3.8) is 0 Å². The molecule has 3 nitrogen and oxygen atoms in total. The molecule has 0 aromatic heterocycles. The Morgan fingerprint density at radius 1 is 0.700 bits per heavy atom. The molecule has 0 atom stereocenters. The molecule has 4 heteroatoms. The van der Waals surface area contributed by atoms with Crippen LogP contribution in [0, 0.1) is 17.8 Å². The van der Waals surface area contributed by atoms with Crippen molar-refractivity contribution in [1.29, 1.82) is 0 Å². The summed E-state index contributed by atoms with van der Waals surface area (Å²) in [7, 11) is 0. The molecule has 0 saturated carbocycles. The Labute approximate surface area is 132 Å². The first-order valence-corrected chi connectivity index (χ1v) is 13.7. The van der Waals surface area contributed by atoms with Crippen LogP contribution >= 0.6 is 0 Å². The Morgan fingerprint density at radius 2 is 1.05 bits per heavy atom. The summed E-state index contributed by atoms with van der Waals surface area (Å²) < 4.78 is 19.8. The van der Waals surface area contributed by atoms with Crippen molar-refractivity contribution in [2.45, 2.75) is 65.7 Å². The Hall–Kier alpha value is 0.679. The van der Waals surface area contributed by atoms with Gasteiger partial charge in [0.1, 0.15) is 0 Å². The summed E-state index contributed by atoms with van der Waals surface area (Å²) in [6, 6.07) is 0. The molecule has 0 aromatic rings. The molecule has 0 N–H and O–H groups in total. The SMILES string of the molecule is CCC[CH2][Sn]([O]CC(C)C)([O]CC(C)C)[O]CC(C)C. The maximum absolute atomic E-state index is 6.26. The van der Waals surface area contributed by atoms with Crippen LogP contribution in [0.5, 0.6) is 0 Å². The molecule has 0 bridgehead atoms. The van der Waals surface area contributed by atoms with Crippen LogP contribution in [0.4, 0.5) is 0 Å². The standard InChI is InChI=1S/3C4H9O.C4H9.Sn/c3*1-4(2)3-5;1-3-4-2;/h3*4H,3H2,1-2H3;1,3-4H2,2H3;/q3*-1;;+3. The van der Waals surface area contributed by atoms with Crippen molar-refractivity contribution < 1.29 is 9.22 Å². The van der Waals surface area contributed by atoms with Crippen LogP contribution in [-0.2, 0) is 9.22 Å². The third-order valence-corrected chi connectivity index (χ3v) is 10.7. The molecule has 0 rings (SSSR count). The molecule has 0 unspecified atom stereocenters. The van der Waals surface area contributed by atoms with E-state index in [1.54, 1.807) is 0 Å². The molecule has 0 aromatic carbocycles. The van der Waals surface area contributed by atoms with Crippen LogP contribution in [0.2, 0.25) is 4.44 Å². The predicted octanol–water partition coefficient (Wildman–Crippen LogP) is 4.74. The van der Waals surface area contributed by atoms with Crippen LogP contribution < -0.4 is 0 Å². The van der Waals surface area contributed by atoms with E-state index in [4.69, 9.17) is 9.22 Å². The van der Waals surface area contributed by atoms with Gasteiger partial charge in [0.25, 0.3) is 0 Å². The first kappa shape index (κ1) is 20.7. The minimum absolute atomic E-state index is 0.526. The summed E-state index contributed by atoms with van der Waals surface area (Å²) in [5, 5.41) is 0. The molecule has 20 heavy (non-hydrogen) atoms. The van der Waals surface area contributed by atoms with Crippen LogP contribution in [0.1, 0.15) is 61.3 Å². The fourth-order valence-corrected chi connectivity index (χ4v) is 10.8. The molecule has 122 valence electrons. The van der Waals surface area contributed by atoms with Gasteiger partial charge < -0.3 is 0 Å². The maximum atomic E-state index is 6.26. The molecule has 0 amide bonds. The van der Waals surface area contributed by atoms with Crippen molar-refractivity contribution in [3.8, 4) is 0 Å². The molecule has 0 heterocycles. The first-order valence-electron chi connectivity index (χ1n) is 8.23. The van der Waals surface area contributed by atoms with Gasteiger partial charge in [-0.05, 0) is 0 Å². The van der Waals surface area contributed by atoms with Crippen LogP contribution in [0.3, 0.4) is 0 Å². The third-order valence-electron chi connectivity index (χ3n) is 2.75. The van der Waals surface area contributed by atoms with E-state index in [2.05, 4.69) is 48.5 Å². The van der Waals surface area contributed by atoms with Gasteiger partial charge in [-0.25, -0.2) is 0 Å². The van der Waals surface area contributed by atoms with Crippen LogP contribution in [-0.4, -0.2) is 39.4 Å². The molecular formula is C16H36O3Sn. The number of unbranched alkanes of at least 4 members (excludes halogenated alkanes) is 1. The Bertz CT molecular complexity index is 198. The summed E-state index contributed by atoms with van der Waals surface area (Å²) in [5.74, 6) is 1.58. The van der Waals surface area contributed by atoms with E-state index in [0.717, 1.165) is 30.7 Å². The van der Waals surface area contributed by atoms with E-state index in [1.807, 2.05) is 0 Å². The van der Waals surface area contributed by atoms with Gasteiger partial charge in [-0.15, -0.1) is 0 Å². The molecule has 0 fully saturated rings. The second-order valence-electron chi connectivity index (χ2n) is 6.90. The third kappa shape index (κ3) is 10.4. The average molecular weight is 395 g/mol. The van der Waals surface area contributed by atoms with E-state index in [1.165, 1.54) is 6.42 Å². The summed E-state index contributed by atoms with van der Waals surface area (Å²) in [5.41, 5.74) is 0. The average Bonchev–Trinajstić information content (AvgIpc) is 2.36. The van der Waals surface area contributed by atoms with Crippen molar-refractivity contribution >= 4 is 19.6 Å². The minimum atomic E-state index is -3.35. The van der Waals surface area contributed by atoms with Crippen molar-refractivity contribution in [2.75, 3.05) is 19.8 Å². The second-order valence-corrected chi connectivity index (χ2v) is 14.7. The Kier molecular flexibility index (Phi) is 11.7. The first-order chi connectivity index (χ1) is 9.31. The Balaban J connectivity index is 4.74. The molecule has 0 saturated heterocycles. The van der Waals surface area contributed by atoms with Gasteiger partial charge in [0.15, 0.2) is 0 Å². The number of hydrogen-bond donors (Lipinski definition) is 0. The van der Waals surface area contributed by atoms with Crippen molar-refractivity contribution in [2.24, 2.45) is 17.8 Å². The summed E-state index contributed by atoms with van der Waals surface area (Å²) in [6.07, 6.45) is 2.31. The molecule has 0 aliphatic heterocycles. The predicted molar refractivity (Wildman–Crippen MR) is 87.8 cm³/mol. The normalized spacial score (nSPS) is 12.9. The Morgan fingerprint density at radius 3 is 1.30 bits per heavy atom. The van der Waals surface area contributed by atoms with Gasteiger partial charge in [0, 0.05) is 0 Å². The topological polar surface area (TPSA) is 27.7 Å². The van der Waals surface area contributed by atoms with Gasteiger partial charge in [-0.1, -0.05) is 0 Å². The van der Waals surface area contributed by atoms with Gasteiger partial charge in [-0.2, -0.15) is 0 Å². The molecular weight excluding hydrogens is 359 g/mol. The van der Waals surface area contributed by atoms with Gasteiger partial charge in [0.05, 0.1) is 0 Å². The van der Waals surface area contributed by atoms with E-state index >= 15 is 0 Å². The molecule has 0 radical (unpaired) electrons.